The Balaban J connectivity index is 3.06. The first-order chi connectivity index (χ1) is 7.72. The van der Waals surface area contributed by atoms with Gasteiger partial charge in [-0.25, -0.2) is 0 Å². The van der Waals surface area contributed by atoms with Crippen molar-refractivity contribution < 1.29 is 0 Å². The van der Waals surface area contributed by atoms with Crippen LogP contribution >= 0.6 is 0 Å². The minimum Gasteiger partial charge on any atom is -0.388 e. The normalized spacial score (nSPS) is 13.3. The van der Waals surface area contributed by atoms with Gasteiger partial charge in [-0.1, -0.05) is 32.0 Å². The van der Waals surface area contributed by atoms with E-state index in [0.717, 1.165) is 17.7 Å². The highest BCUT2D eigenvalue weighted by atomic mass is 14.8. The van der Waals surface area contributed by atoms with Gasteiger partial charge in [0, 0.05) is 19.0 Å². The van der Waals surface area contributed by atoms with E-state index in [1.54, 1.807) is 6.08 Å². The third kappa shape index (κ3) is 2.96. The topological polar surface area (TPSA) is 35.9 Å². The fourth-order valence-corrected chi connectivity index (χ4v) is 1.66. The molecule has 2 heteroatoms. The first kappa shape index (κ1) is 12.5. The van der Waals surface area contributed by atoms with Crippen LogP contribution in [0.25, 0.3) is 5.70 Å². The summed E-state index contributed by atoms with van der Waals surface area (Å²) in [5.74, 6) is 0.582. The Morgan fingerprint density at radius 3 is 2.81 bits per heavy atom. The quantitative estimate of drug-likeness (QED) is 0.727. The Kier molecular flexibility index (Phi) is 4.77. The molecule has 86 valence electrons. The third-order valence-corrected chi connectivity index (χ3v) is 2.90. The molecule has 1 unspecified atom stereocenters. The van der Waals surface area contributed by atoms with Crippen molar-refractivity contribution in [2.45, 2.75) is 26.2 Å². The largest absolute Gasteiger partial charge is 0.388 e. The van der Waals surface area contributed by atoms with Crippen LogP contribution in [0.1, 0.15) is 37.3 Å². The predicted octanol–water partition coefficient (Wildman–Crippen LogP) is 3.41. The third-order valence-electron chi connectivity index (χ3n) is 2.90. The maximum atomic E-state index is 7.12. The van der Waals surface area contributed by atoms with Crippen molar-refractivity contribution in [2.24, 2.45) is 0 Å². The standard InChI is InChI=1S/C14H20N2/c1-4-11(2)12-6-5-7-13(10-12)14(16-3)8-9-15/h5-11,15-16H,4H2,1-3H3/b14-8-,15-9?. The van der Waals surface area contributed by atoms with Crippen molar-refractivity contribution in [3.05, 3.63) is 41.5 Å². The smallest absolute Gasteiger partial charge is 0.0426 e. The molecule has 1 atom stereocenters. The molecule has 0 aliphatic carbocycles. The first-order valence-corrected chi connectivity index (χ1v) is 5.71. The second-order valence-electron chi connectivity index (χ2n) is 3.93. The average Bonchev–Trinajstić information content (AvgIpc) is 2.35. The van der Waals surface area contributed by atoms with Gasteiger partial charge in [-0.3, -0.25) is 0 Å². The molecule has 0 bridgehead atoms. The van der Waals surface area contributed by atoms with Crippen molar-refractivity contribution >= 4 is 11.9 Å². The number of allylic oxidation sites excluding steroid dienone is 1. The Morgan fingerprint density at radius 1 is 1.50 bits per heavy atom. The summed E-state index contributed by atoms with van der Waals surface area (Å²) < 4.78 is 0. The van der Waals surface area contributed by atoms with E-state index in [2.05, 4.69) is 43.4 Å². The summed E-state index contributed by atoms with van der Waals surface area (Å²) >= 11 is 0. The molecule has 0 saturated carbocycles. The molecule has 1 rings (SSSR count). The molecule has 0 aliphatic rings. The van der Waals surface area contributed by atoms with Gasteiger partial charge in [-0.05, 0) is 35.6 Å². The molecular formula is C14H20N2. The van der Waals surface area contributed by atoms with Crippen LogP contribution in [0.15, 0.2) is 30.3 Å². The number of benzene rings is 1. The van der Waals surface area contributed by atoms with E-state index in [0.29, 0.717) is 5.92 Å². The molecule has 1 aromatic carbocycles. The molecule has 0 amide bonds. The lowest BCUT2D eigenvalue weighted by Gasteiger charge is -2.12. The minimum atomic E-state index is 0.582. The van der Waals surface area contributed by atoms with E-state index in [-0.39, 0.29) is 0 Å². The highest BCUT2D eigenvalue weighted by molar-refractivity contribution is 5.82. The lowest BCUT2D eigenvalue weighted by Crippen LogP contribution is -2.05. The summed E-state index contributed by atoms with van der Waals surface area (Å²) in [6.07, 6.45) is 4.23. The van der Waals surface area contributed by atoms with Gasteiger partial charge in [0.25, 0.3) is 0 Å². The van der Waals surface area contributed by atoms with Gasteiger partial charge in [-0.2, -0.15) is 0 Å². The van der Waals surface area contributed by atoms with E-state index in [1.165, 1.54) is 11.8 Å². The van der Waals surface area contributed by atoms with E-state index in [9.17, 15) is 0 Å². The lowest BCUT2D eigenvalue weighted by molar-refractivity contribution is 0.733. The number of hydrogen-bond acceptors (Lipinski definition) is 2. The Hall–Kier alpha value is -1.57. The predicted molar refractivity (Wildman–Crippen MR) is 71.0 cm³/mol. The summed E-state index contributed by atoms with van der Waals surface area (Å²) in [6, 6.07) is 8.50. The first-order valence-electron chi connectivity index (χ1n) is 5.71. The van der Waals surface area contributed by atoms with Gasteiger partial charge in [0.1, 0.15) is 0 Å². The van der Waals surface area contributed by atoms with Gasteiger partial charge in [0.15, 0.2) is 0 Å². The van der Waals surface area contributed by atoms with Gasteiger partial charge in [0.2, 0.25) is 0 Å². The van der Waals surface area contributed by atoms with Crippen molar-refractivity contribution in [2.75, 3.05) is 7.05 Å². The van der Waals surface area contributed by atoms with Crippen LogP contribution < -0.4 is 5.32 Å². The van der Waals surface area contributed by atoms with Crippen LogP contribution in [0.5, 0.6) is 0 Å². The van der Waals surface area contributed by atoms with Crippen molar-refractivity contribution in [3.8, 4) is 0 Å². The van der Waals surface area contributed by atoms with E-state index in [4.69, 9.17) is 5.41 Å². The summed E-state index contributed by atoms with van der Waals surface area (Å²) in [5, 5.41) is 10.2. The molecule has 2 nitrogen and oxygen atoms in total. The molecule has 0 aromatic heterocycles. The van der Waals surface area contributed by atoms with E-state index < -0.39 is 0 Å². The van der Waals surface area contributed by atoms with Crippen LogP contribution in [0.2, 0.25) is 0 Å². The molecule has 0 spiro atoms. The van der Waals surface area contributed by atoms with Crippen LogP contribution in [0.4, 0.5) is 0 Å². The monoisotopic (exact) mass is 216 g/mol. The van der Waals surface area contributed by atoms with Crippen LogP contribution in [-0.4, -0.2) is 13.3 Å². The molecular weight excluding hydrogens is 196 g/mol. The van der Waals surface area contributed by atoms with Gasteiger partial charge >= 0.3 is 0 Å². The number of hydrogen-bond donors (Lipinski definition) is 2. The Bertz CT molecular complexity index is 380. The maximum absolute atomic E-state index is 7.12. The molecule has 0 saturated heterocycles. The molecule has 1 aromatic rings. The second-order valence-corrected chi connectivity index (χ2v) is 3.93. The number of nitrogens with one attached hydrogen (secondary N) is 2. The van der Waals surface area contributed by atoms with E-state index in [1.807, 2.05) is 7.05 Å². The van der Waals surface area contributed by atoms with Crippen LogP contribution in [0, 0.1) is 5.41 Å². The zero-order chi connectivity index (χ0) is 12.0. The average molecular weight is 216 g/mol. The van der Waals surface area contributed by atoms with Gasteiger partial charge < -0.3 is 10.7 Å². The Labute approximate surface area is 97.9 Å². The van der Waals surface area contributed by atoms with Crippen molar-refractivity contribution in [3.63, 3.8) is 0 Å². The molecule has 0 heterocycles. The van der Waals surface area contributed by atoms with Gasteiger partial charge in [0.05, 0.1) is 0 Å². The van der Waals surface area contributed by atoms with E-state index >= 15 is 0 Å². The minimum absolute atomic E-state index is 0.582. The maximum Gasteiger partial charge on any atom is 0.0426 e. The second kappa shape index (κ2) is 6.11. The molecule has 0 aliphatic heterocycles. The summed E-state index contributed by atoms with van der Waals surface area (Å²) in [7, 11) is 1.88. The van der Waals surface area contributed by atoms with Crippen molar-refractivity contribution in [1.82, 2.24) is 5.32 Å². The zero-order valence-electron chi connectivity index (χ0n) is 10.2. The molecule has 0 radical (unpaired) electrons. The fraction of sp³-hybridized carbons (Fsp3) is 0.357. The fourth-order valence-electron chi connectivity index (χ4n) is 1.66. The molecule has 0 fully saturated rings. The van der Waals surface area contributed by atoms with Crippen molar-refractivity contribution in [1.29, 1.82) is 5.41 Å². The SMILES string of the molecule is CCC(C)c1cccc(/C(=C/C=N)NC)c1. The number of rotatable bonds is 5. The molecule has 16 heavy (non-hydrogen) atoms. The van der Waals surface area contributed by atoms with Crippen LogP contribution in [-0.2, 0) is 0 Å². The highest BCUT2D eigenvalue weighted by Gasteiger charge is 2.05. The zero-order valence-corrected chi connectivity index (χ0v) is 10.2. The summed E-state index contributed by atoms with van der Waals surface area (Å²) in [4.78, 5) is 0. The molecule has 2 N–H and O–H groups in total. The Morgan fingerprint density at radius 2 is 2.25 bits per heavy atom. The summed E-state index contributed by atoms with van der Waals surface area (Å²) in [6.45, 7) is 4.43. The van der Waals surface area contributed by atoms with Gasteiger partial charge in [-0.15, -0.1) is 0 Å². The summed E-state index contributed by atoms with van der Waals surface area (Å²) in [5.41, 5.74) is 3.48. The van der Waals surface area contributed by atoms with Crippen LogP contribution in [0.3, 0.4) is 0 Å². The highest BCUT2D eigenvalue weighted by Crippen LogP contribution is 2.21. The lowest BCUT2D eigenvalue weighted by atomic mass is 9.96.